The van der Waals surface area contributed by atoms with Crippen LogP contribution in [-0.2, 0) is 0 Å². The molecule has 1 saturated heterocycles. The highest BCUT2D eigenvalue weighted by molar-refractivity contribution is 5.54. The summed E-state index contributed by atoms with van der Waals surface area (Å²) in [5.74, 6) is -7.96. The van der Waals surface area contributed by atoms with Crippen molar-refractivity contribution >= 4 is 11.4 Å². The maximum Gasteiger partial charge on any atom is 0.329 e. The summed E-state index contributed by atoms with van der Waals surface area (Å²) in [4.78, 5) is 0.958. The average molecular weight is 234 g/mol. The third kappa shape index (κ3) is 1.68. The number of nitrogens with zero attached hydrogens (tertiary/aromatic N) is 1. The third-order valence-electron chi connectivity index (χ3n) is 2.57. The molecule has 0 spiro atoms. The molecule has 16 heavy (non-hydrogen) atoms. The van der Waals surface area contributed by atoms with Gasteiger partial charge in [0, 0.05) is 11.4 Å². The third-order valence-corrected chi connectivity index (χ3v) is 2.57. The minimum atomic E-state index is -3.98. The topological polar surface area (TPSA) is 29.3 Å². The normalized spacial score (nSPS) is 22.4. The van der Waals surface area contributed by atoms with Gasteiger partial charge in [0.15, 0.2) is 0 Å². The summed E-state index contributed by atoms with van der Waals surface area (Å²) >= 11 is 0. The standard InChI is InChI=1S/C10H10F4N2/c11-9(12)5-16(6-10(9,13)14)8-3-1-7(15)2-4-8/h1-4H,5-6,15H2. The molecule has 0 unspecified atom stereocenters. The van der Waals surface area contributed by atoms with Crippen LogP contribution in [0.3, 0.4) is 0 Å². The Bertz CT molecular complexity index is 372. The first-order valence-corrected chi connectivity index (χ1v) is 4.68. The zero-order valence-electron chi connectivity index (χ0n) is 8.26. The molecule has 0 radical (unpaired) electrons. The SMILES string of the molecule is Nc1ccc(N2CC(F)(F)C(F)(F)C2)cc1. The van der Waals surface area contributed by atoms with Gasteiger partial charge < -0.3 is 10.6 Å². The largest absolute Gasteiger partial charge is 0.399 e. The molecule has 0 atom stereocenters. The number of rotatable bonds is 1. The molecule has 2 rings (SSSR count). The average Bonchev–Trinajstić information content (AvgIpc) is 2.37. The van der Waals surface area contributed by atoms with E-state index >= 15 is 0 Å². The first kappa shape index (κ1) is 11.0. The fraction of sp³-hybridized carbons (Fsp3) is 0.400. The number of nitrogens with two attached hydrogens (primary N) is 1. The molecule has 2 N–H and O–H groups in total. The van der Waals surface area contributed by atoms with E-state index in [4.69, 9.17) is 5.73 Å². The van der Waals surface area contributed by atoms with Gasteiger partial charge in [-0.15, -0.1) is 0 Å². The van der Waals surface area contributed by atoms with Crippen LogP contribution in [0.1, 0.15) is 0 Å². The lowest BCUT2D eigenvalue weighted by atomic mass is 10.2. The minimum absolute atomic E-state index is 0.325. The van der Waals surface area contributed by atoms with Crippen molar-refractivity contribution in [1.29, 1.82) is 0 Å². The lowest BCUT2D eigenvalue weighted by Crippen LogP contribution is -2.38. The van der Waals surface area contributed by atoms with Gasteiger partial charge in [0.25, 0.3) is 0 Å². The minimum Gasteiger partial charge on any atom is -0.399 e. The van der Waals surface area contributed by atoms with Crippen LogP contribution in [0.25, 0.3) is 0 Å². The fourth-order valence-corrected chi connectivity index (χ4v) is 1.63. The molecular weight excluding hydrogens is 224 g/mol. The van der Waals surface area contributed by atoms with E-state index in [1.807, 2.05) is 0 Å². The van der Waals surface area contributed by atoms with Crippen molar-refractivity contribution in [2.75, 3.05) is 23.7 Å². The van der Waals surface area contributed by atoms with Crippen molar-refractivity contribution in [2.24, 2.45) is 0 Å². The van der Waals surface area contributed by atoms with Crippen LogP contribution in [0.4, 0.5) is 28.9 Å². The van der Waals surface area contributed by atoms with Gasteiger partial charge in [-0.25, -0.2) is 0 Å². The fourth-order valence-electron chi connectivity index (χ4n) is 1.63. The van der Waals surface area contributed by atoms with Crippen LogP contribution in [0.15, 0.2) is 24.3 Å². The maximum absolute atomic E-state index is 12.9. The van der Waals surface area contributed by atoms with Gasteiger partial charge in [0.05, 0.1) is 13.1 Å². The summed E-state index contributed by atoms with van der Waals surface area (Å²) in [6.07, 6.45) is 0. The van der Waals surface area contributed by atoms with Crippen LogP contribution >= 0.6 is 0 Å². The molecule has 88 valence electrons. The Kier molecular flexibility index (Phi) is 2.25. The van der Waals surface area contributed by atoms with Gasteiger partial charge in [-0.3, -0.25) is 0 Å². The van der Waals surface area contributed by atoms with E-state index in [1.54, 1.807) is 0 Å². The smallest absolute Gasteiger partial charge is 0.329 e. The quantitative estimate of drug-likeness (QED) is 0.597. The lowest BCUT2D eigenvalue weighted by molar-refractivity contribution is -0.172. The number of anilines is 2. The maximum atomic E-state index is 12.9. The number of halogens is 4. The molecule has 1 aliphatic rings. The number of nitrogen functional groups attached to an aromatic ring is 1. The van der Waals surface area contributed by atoms with Crippen molar-refractivity contribution < 1.29 is 17.6 Å². The second kappa shape index (κ2) is 3.26. The van der Waals surface area contributed by atoms with Crippen molar-refractivity contribution in [3.05, 3.63) is 24.3 Å². The zero-order chi connectivity index (χ0) is 12.0. The predicted octanol–water partition coefficient (Wildman–Crippen LogP) is 2.36. The summed E-state index contributed by atoms with van der Waals surface area (Å²) in [6, 6.07) is 5.88. The van der Waals surface area contributed by atoms with E-state index in [0.717, 1.165) is 4.90 Å². The molecule has 6 heteroatoms. The molecule has 1 aliphatic heterocycles. The molecule has 1 heterocycles. The second-order valence-electron chi connectivity index (χ2n) is 3.86. The Morgan fingerprint density at radius 2 is 1.38 bits per heavy atom. The summed E-state index contributed by atoms with van der Waals surface area (Å²) in [5.41, 5.74) is 6.20. The van der Waals surface area contributed by atoms with Crippen molar-refractivity contribution in [1.82, 2.24) is 0 Å². The second-order valence-corrected chi connectivity index (χ2v) is 3.86. The number of hydrogen-bond acceptors (Lipinski definition) is 2. The Morgan fingerprint density at radius 3 is 1.81 bits per heavy atom. The van der Waals surface area contributed by atoms with Crippen LogP contribution in [-0.4, -0.2) is 24.9 Å². The summed E-state index contributed by atoms with van der Waals surface area (Å²) in [7, 11) is 0. The van der Waals surface area contributed by atoms with Gasteiger partial charge in [-0.05, 0) is 24.3 Å². The summed E-state index contributed by atoms with van der Waals surface area (Å²) in [5, 5.41) is 0. The highest BCUT2D eigenvalue weighted by Gasteiger charge is 2.62. The Morgan fingerprint density at radius 1 is 0.938 bits per heavy atom. The Labute approximate surface area is 89.6 Å². The van der Waals surface area contributed by atoms with Gasteiger partial charge in [0.1, 0.15) is 0 Å². The lowest BCUT2D eigenvalue weighted by Gasteiger charge is -2.16. The monoisotopic (exact) mass is 234 g/mol. The number of hydrogen-bond donors (Lipinski definition) is 1. The molecule has 1 aromatic rings. The zero-order valence-corrected chi connectivity index (χ0v) is 8.26. The summed E-state index contributed by atoms with van der Waals surface area (Å²) in [6.45, 7) is -1.94. The highest BCUT2D eigenvalue weighted by atomic mass is 19.3. The molecule has 1 fully saturated rings. The van der Waals surface area contributed by atoms with E-state index in [-0.39, 0.29) is 0 Å². The van der Waals surface area contributed by atoms with E-state index in [0.29, 0.717) is 11.4 Å². The van der Waals surface area contributed by atoms with Gasteiger partial charge >= 0.3 is 11.8 Å². The Hall–Kier alpha value is -1.46. The number of benzene rings is 1. The van der Waals surface area contributed by atoms with E-state index in [2.05, 4.69) is 0 Å². The van der Waals surface area contributed by atoms with E-state index in [9.17, 15) is 17.6 Å². The van der Waals surface area contributed by atoms with Crippen LogP contribution < -0.4 is 10.6 Å². The highest BCUT2D eigenvalue weighted by Crippen LogP contribution is 2.42. The van der Waals surface area contributed by atoms with Gasteiger partial charge in [-0.2, -0.15) is 17.6 Å². The van der Waals surface area contributed by atoms with E-state index < -0.39 is 24.9 Å². The molecule has 0 amide bonds. The molecule has 2 nitrogen and oxygen atoms in total. The predicted molar refractivity (Wildman–Crippen MR) is 53.0 cm³/mol. The number of alkyl halides is 4. The van der Waals surface area contributed by atoms with Crippen molar-refractivity contribution in [3.8, 4) is 0 Å². The molecule has 0 bridgehead atoms. The van der Waals surface area contributed by atoms with Crippen LogP contribution in [0.5, 0.6) is 0 Å². The first-order valence-electron chi connectivity index (χ1n) is 4.68. The molecule has 0 aliphatic carbocycles. The molecule has 1 aromatic carbocycles. The molecule has 0 aromatic heterocycles. The van der Waals surface area contributed by atoms with Crippen LogP contribution in [0.2, 0.25) is 0 Å². The summed E-state index contributed by atoms with van der Waals surface area (Å²) < 4.78 is 51.7. The van der Waals surface area contributed by atoms with Crippen molar-refractivity contribution in [3.63, 3.8) is 0 Å². The van der Waals surface area contributed by atoms with Crippen LogP contribution in [0, 0.1) is 0 Å². The molecule has 0 saturated carbocycles. The van der Waals surface area contributed by atoms with Gasteiger partial charge in [-0.1, -0.05) is 0 Å². The van der Waals surface area contributed by atoms with Crippen molar-refractivity contribution in [2.45, 2.75) is 11.8 Å². The van der Waals surface area contributed by atoms with Gasteiger partial charge in [0.2, 0.25) is 0 Å². The van der Waals surface area contributed by atoms with E-state index in [1.165, 1.54) is 24.3 Å². The Balaban J connectivity index is 2.23. The first-order chi connectivity index (χ1) is 7.32. The molecular formula is C10H10F4N2.